The molecule has 0 amide bonds. The fourth-order valence-corrected chi connectivity index (χ4v) is 3.00. The molecule has 7 heteroatoms. The van der Waals surface area contributed by atoms with E-state index in [9.17, 15) is 13.6 Å². The van der Waals surface area contributed by atoms with Gasteiger partial charge in [-0.25, -0.2) is 8.78 Å². The molecule has 27 heavy (non-hydrogen) atoms. The van der Waals surface area contributed by atoms with Crippen molar-refractivity contribution in [3.63, 3.8) is 0 Å². The van der Waals surface area contributed by atoms with E-state index in [-0.39, 0.29) is 28.0 Å². The average molecular weight is 436 g/mol. The summed E-state index contributed by atoms with van der Waals surface area (Å²) in [6.45, 7) is 0.242. The van der Waals surface area contributed by atoms with E-state index < -0.39 is 11.6 Å². The third-order valence-corrected chi connectivity index (χ3v) is 4.69. The zero-order chi connectivity index (χ0) is 19.4. The topological polar surface area (TPSA) is 40.5 Å². The van der Waals surface area contributed by atoms with Crippen LogP contribution in [0, 0.1) is 11.6 Å². The molecule has 0 aliphatic carbocycles. The van der Waals surface area contributed by atoms with Crippen LogP contribution in [0.25, 0.3) is 0 Å². The van der Waals surface area contributed by atoms with E-state index in [0.29, 0.717) is 12.3 Å². The van der Waals surface area contributed by atoms with Crippen LogP contribution in [0.15, 0.2) is 64.0 Å². The number of halogens is 3. The minimum atomic E-state index is -0.697. The molecule has 3 rings (SSSR count). The van der Waals surface area contributed by atoms with Gasteiger partial charge in [0.05, 0.1) is 13.7 Å². The van der Waals surface area contributed by atoms with Gasteiger partial charge in [0.15, 0.2) is 0 Å². The molecular formula is C20H16BrF2NO3. The van der Waals surface area contributed by atoms with Gasteiger partial charge in [0.2, 0.25) is 0 Å². The van der Waals surface area contributed by atoms with Gasteiger partial charge in [-0.1, -0.05) is 12.1 Å². The Morgan fingerprint density at radius 3 is 2.67 bits per heavy atom. The van der Waals surface area contributed by atoms with Gasteiger partial charge in [0.1, 0.15) is 34.2 Å². The van der Waals surface area contributed by atoms with E-state index in [1.807, 2.05) is 24.3 Å². The number of nitrogens with zero attached hydrogens (tertiary/aromatic N) is 1. The Kier molecular flexibility index (Phi) is 5.91. The number of ether oxygens (including phenoxy) is 2. The fourth-order valence-electron chi connectivity index (χ4n) is 2.53. The number of rotatable bonds is 6. The molecule has 0 bridgehead atoms. The molecule has 0 unspecified atom stereocenters. The number of hydrogen-bond donors (Lipinski definition) is 0. The molecule has 2 aromatic carbocycles. The van der Waals surface area contributed by atoms with E-state index in [1.165, 1.54) is 10.6 Å². The first kappa shape index (κ1) is 19.1. The molecular weight excluding hydrogens is 420 g/mol. The maximum absolute atomic E-state index is 13.7. The van der Waals surface area contributed by atoms with Crippen LogP contribution in [0.1, 0.15) is 11.1 Å². The Morgan fingerprint density at radius 2 is 1.93 bits per heavy atom. The Morgan fingerprint density at radius 1 is 1.11 bits per heavy atom. The first-order chi connectivity index (χ1) is 13.0. The summed E-state index contributed by atoms with van der Waals surface area (Å²) >= 11 is 3.24. The van der Waals surface area contributed by atoms with Crippen LogP contribution in [-0.2, 0) is 13.2 Å². The third-order valence-electron chi connectivity index (χ3n) is 3.96. The molecule has 3 aromatic rings. The molecule has 0 aliphatic heterocycles. The van der Waals surface area contributed by atoms with Crippen LogP contribution in [0.3, 0.4) is 0 Å². The normalized spacial score (nSPS) is 10.7. The van der Waals surface area contributed by atoms with E-state index in [1.54, 1.807) is 19.4 Å². The van der Waals surface area contributed by atoms with Gasteiger partial charge in [-0.05, 0) is 51.8 Å². The van der Waals surface area contributed by atoms with Crippen molar-refractivity contribution in [2.75, 3.05) is 7.11 Å². The fraction of sp³-hybridized carbons (Fsp3) is 0.150. The molecule has 0 fully saturated rings. The predicted molar refractivity (Wildman–Crippen MR) is 101 cm³/mol. The van der Waals surface area contributed by atoms with Gasteiger partial charge in [0.25, 0.3) is 5.56 Å². The molecule has 1 aromatic heterocycles. The number of benzene rings is 2. The first-order valence-electron chi connectivity index (χ1n) is 8.06. The van der Waals surface area contributed by atoms with Gasteiger partial charge in [-0.3, -0.25) is 4.79 Å². The van der Waals surface area contributed by atoms with Crippen molar-refractivity contribution in [3.05, 3.63) is 92.3 Å². The van der Waals surface area contributed by atoms with Crippen molar-refractivity contribution in [1.29, 1.82) is 0 Å². The highest BCUT2D eigenvalue weighted by Crippen LogP contribution is 2.23. The minimum Gasteiger partial charge on any atom is -0.497 e. The third kappa shape index (κ3) is 4.54. The highest BCUT2D eigenvalue weighted by Gasteiger charge is 2.11. The zero-order valence-corrected chi connectivity index (χ0v) is 16.0. The van der Waals surface area contributed by atoms with E-state index in [4.69, 9.17) is 9.47 Å². The van der Waals surface area contributed by atoms with Crippen LogP contribution in [0.2, 0.25) is 0 Å². The zero-order valence-electron chi connectivity index (χ0n) is 14.4. The summed E-state index contributed by atoms with van der Waals surface area (Å²) in [5.74, 6) is -0.360. The molecule has 4 nitrogen and oxygen atoms in total. The van der Waals surface area contributed by atoms with Crippen molar-refractivity contribution < 1.29 is 18.3 Å². The summed E-state index contributed by atoms with van der Waals surface area (Å²) in [6, 6.07) is 12.3. The molecule has 140 valence electrons. The van der Waals surface area contributed by atoms with E-state index in [2.05, 4.69) is 15.9 Å². The second-order valence-electron chi connectivity index (χ2n) is 5.80. The second-order valence-corrected chi connectivity index (χ2v) is 6.60. The lowest BCUT2D eigenvalue weighted by atomic mass is 10.2. The summed E-state index contributed by atoms with van der Waals surface area (Å²) < 4.78 is 39.1. The Hall–Kier alpha value is -2.67. The van der Waals surface area contributed by atoms with Crippen LogP contribution in [0.4, 0.5) is 8.78 Å². The number of aromatic nitrogens is 1. The summed E-state index contributed by atoms with van der Waals surface area (Å²) in [6.07, 6.45) is 1.60. The lowest BCUT2D eigenvalue weighted by molar-refractivity contribution is 0.296. The van der Waals surface area contributed by atoms with Crippen molar-refractivity contribution in [2.24, 2.45) is 0 Å². The maximum Gasteiger partial charge on any atom is 0.268 e. The summed E-state index contributed by atoms with van der Waals surface area (Å²) in [5.41, 5.74) is 0.823. The van der Waals surface area contributed by atoms with E-state index >= 15 is 0 Å². The van der Waals surface area contributed by atoms with Crippen LogP contribution in [-0.4, -0.2) is 11.7 Å². The summed E-state index contributed by atoms with van der Waals surface area (Å²) in [7, 11) is 1.58. The molecule has 0 saturated heterocycles. The van der Waals surface area contributed by atoms with Crippen molar-refractivity contribution in [1.82, 2.24) is 4.57 Å². The maximum atomic E-state index is 13.7. The quantitative estimate of drug-likeness (QED) is 0.571. The minimum absolute atomic E-state index is 0.121. The van der Waals surface area contributed by atoms with Gasteiger partial charge in [-0.15, -0.1) is 0 Å². The number of hydrogen-bond acceptors (Lipinski definition) is 3. The van der Waals surface area contributed by atoms with Gasteiger partial charge in [0, 0.05) is 17.8 Å². The Bertz CT molecular complexity index is 1020. The first-order valence-corrected chi connectivity index (χ1v) is 8.86. The van der Waals surface area contributed by atoms with Crippen LogP contribution < -0.4 is 15.0 Å². The highest BCUT2D eigenvalue weighted by atomic mass is 79.9. The van der Waals surface area contributed by atoms with E-state index in [0.717, 1.165) is 17.7 Å². The Balaban J connectivity index is 1.77. The van der Waals surface area contributed by atoms with Crippen molar-refractivity contribution >= 4 is 15.9 Å². The SMILES string of the molecule is COc1cccc(Cn2ccc(OCc3ccc(F)cc3F)c(Br)c2=O)c1. The average Bonchev–Trinajstić information content (AvgIpc) is 2.66. The lowest BCUT2D eigenvalue weighted by Gasteiger charge is -2.12. The molecule has 0 atom stereocenters. The standard InChI is InChI=1S/C20H16BrF2NO3/c1-26-16-4-2-3-13(9-16)11-24-8-7-18(19(21)20(24)25)27-12-14-5-6-15(22)10-17(14)23/h2-10H,11-12H2,1H3. The highest BCUT2D eigenvalue weighted by molar-refractivity contribution is 9.10. The van der Waals surface area contributed by atoms with Gasteiger partial charge in [-0.2, -0.15) is 0 Å². The molecule has 0 radical (unpaired) electrons. The van der Waals surface area contributed by atoms with Crippen LogP contribution >= 0.6 is 15.9 Å². The van der Waals surface area contributed by atoms with Crippen molar-refractivity contribution in [2.45, 2.75) is 13.2 Å². The van der Waals surface area contributed by atoms with Gasteiger partial charge >= 0.3 is 0 Å². The Labute approximate surface area is 163 Å². The molecule has 0 spiro atoms. The smallest absolute Gasteiger partial charge is 0.268 e. The molecule has 1 heterocycles. The molecule has 0 saturated carbocycles. The summed E-state index contributed by atoms with van der Waals surface area (Å²) in [5, 5.41) is 0. The van der Waals surface area contributed by atoms with Gasteiger partial charge < -0.3 is 14.0 Å². The number of methoxy groups -OCH3 is 1. The van der Waals surface area contributed by atoms with Crippen molar-refractivity contribution in [3.8, 4) is 11.5 Å². The monoisotopic (exact) mass is 435 g/mol. The number of pyridine rings is 1. The second kappa shape index (κ2) is 8.35. The van der Waals surface area contributed by atoms with Crippen LogP contribution in [0.5, 0.6) is 11.5 Å². The summed E-state index contributed by atoms with van der Waals surface area (Å²) in [4.78, 5) is 12.6. The molecule has 0 N–H and O–H groups in total. The lowest BCUT2D eigenvalue weighted by Crippen LogP contribution is -2.21. The molecule has 0 aliphatic rings. The largest absolute Gasteiger partial charge is 0.497 e. The predicted octanol–water partition coefficient (Wildman–Crippen LogP) is 4.52.